The third-order valence-electron chi connectivity index (χ3n) is 2.68. The highest BCUT2D eigenvalue weighted by atomic mass is 79.9. The van der Waals surface area contributed by atoms with E-state index in [9.17, 15) is 4.79 Å². The van der Waals surface area contributed by atoms with E-state index in [-0.39, 0.29) is 5.91 Å². The quantitative estimate of drug-likeness (QED) is 0.868. The zero-order chi connectivity index (χ0) is 10.7. The molecular weight excluding hydrogens is 276 g/mol. The van der Waals surface area contributed by atoms with Crippen LogP contribution in [0, 0.1) is 5.92 Å². The fourth-order valence-corrected chi connectivity index (χ4v) is 3.18. The molecule has 1 saturated carbocycles. The number of amides is 1. The number of rotatable bonds is 3. The van der Waals surface area contributed by atoms with Crippen molar-refractivity contribution in [2.75, 3.05) is 6.54 Å². The van der Waals surface area contributed by atoms with Crippen molar-refractivity contribution in [2.24, 2.45) is 5.92 Å². The summed E-state index contributed by atoms with van der Waals surface area (Å²) in [6, 6.07) is 0. The Hall–Kier alpha value is -0.420. The second kappa shape index (κ2) is 5.07. The Morgan fingerprint density at radius 3 is 3.13 bits per heavy atom. The van der Waals surface area contributed by atoms with Gasteiger partial charge in [-0.15, -0.1) is 11.3 Å². The van der Waals surface area contributed by atoms with E-state index in [0.717, 1.165) is 6.54 Å². The fraction of sp³-hybridized carbons (Fsp3) is 0.600. The van der Waals surface area contributed by atoms with Crippen LogP contribution in [0.3, 0.4) is 0 Å². The van der Waals surface area contributed by atoms with Crippen molar-refractivity contribution in [1.29, 1.82) is 0 Å². The molecule has 1 aliphatic carbocycles. The standard InChI is InChI=1S/C10H13BrN2OS/c11-8-2-1-7(3-8)4-13-10(14)9-5-12-6-15-9/h5-8H,1-4H2,(H,13,14). The Morgan fingerprint density at radius 1 is 1.67 bits per heavy atom. The van der Waals surface area contributed by atoms with Crippen molar-refractivity contribution < 1.29 is 4.79 Å². The number of hydrogen-bond acceptors (Lipinski definition) is 3. The van der Waals surface area contributed by atoms with Crippen LogP contribution in [0.1, 0.15) is 28.9 Å². The molecule has 82 valence electrons. The van der Waals surface area contributed by atoms with Crippen LogP contribution in [-0.4, -0.2) is 22.3 Å². The molecule has 0 aliphatic heterocycles. The molecule has 1 heterocycles. The largest absolute Gasteiger partial charge is 0.351 e. The number of alkyl halides is 1. The summed E-state index contributed by atoms with van der Waals surface area (Å²) in [5.41, 5.74) is 1.68. The van der Waals surface area contributed by atoms with Crippen LogP contribution >= 0.6 is 27.3 Å². The molecule has 0 saturated heterocycles. The van der Waals surface area contributed by atoms with Gasteiger partial charge in [0.25, 0.3) is 5.91 Å². The second-order valence-corrected chi connectivity index (χ2v) is 6.03. The van der Waals surface area contributed by atoms with Crippen LogP contribution in [0.5, 0.6) is 0 Å². The summed E-state index contributed by atoms with van der Waals surface area (Å²) in [7, 11) is 0. The predicted octanol–water partition coefficient (Wildman–Crippen LogP) is 2.44. The van der Waals surface area contributed by atoms with Gasteiger partial charge in [-0.1, -0.05) is 15.9 Å². The first kappa shape index (κ1) is 11.1. The lowest BCUT2D eigenvalue weighted by molar-refractivity contribution is 0.0951. The van der Waals surface area contributed by atoms with Crippen molar-refractivity contribution >= 4 is 33.2 Å². The molecule has 1 aliphatic rings. The Balaban J connectivity index is 1.76. The summed E-state index contributed by atoms with van der Waals surface area (Å²) in [5.74, 6) is 0.641. The number of nitrogens with zero attached hydrogens (tertiary/aromatic N) is 1. The van der Waals surface area contributed by atoms with Crippen LogP contribution < -0.4 is 5.32 Å². The maximum absolute atomic E-state index is 11.6. The van der Waals surface area contributed by atoms with E-state index in [1.54, 1.807) is 11.7 Å². The summed E-state index contributed by atoms with van der Waals surface area (Å²) >= 11 is 4.99. The van der Waals surface area contributed by atoms with Gasteiger partial charge in [0.1, 0.15) is 4.88 Å². The van der Waals surface area contributed by atoms with Gasteiger partial charge >= 0.3 is 0 Å². The van der Waals surface area contributed by atoms with Gasteiger partial charge in [-0.05, 0) is 25.2 Å². The first-order chi connectivity index (χ1) is 7.25. The van der Waals surface area contributed by atoms with E-state index in [4.69, 9.17) is 0 Å². The number of carbonyl (C=O) groups excluding carboxylic acids is 1. The maximum Gasteiger partial charge on any atom is 0.263 e. The normalized spacial score (nSPS) is 25.4. The highest BCUT2D eigenvalue weighted by Gasteiger charge is 2.22. The molecule has 0 bridgehead atoms. The van der Waals surface area contributed by atoms with Crippen molar-refractivity contribution in [1.82, 2.24) is 10.3 Å². The van der Waals surface area contributed by atoms with E-state index < -0.39 is 0 Å². The number of aromatic nitrogens is 1. The molecule has 1 N–H and O–H groups in total. The van der Waals surface area contributed by atoms with Crippen LogP contribution in [0.2, 0.25) is 0 Å². The lowest BCUT2D eigenvalue weighted by atomic mass is 10.1. The second-order valence-electron chi connectivity index (χ2n) is 3.85. The molecule has 0 spiro atoms. The third kappa shape index (κ3) is 3.01. The Labute approximate surface area is 101 Å². The van der Waals surface area contributed by atoms with Crippen LogP contribution in [0.15, 0.2) is 11.7 Å². The summed E-state index contributed by atoms with van der Waals surface area (Å²) in [6.45, 7) is 0.791. The van der Waals surface area contributed by atoms with Crippen LogP contribution in [-0.2, 0) is 0 Å². The van der Waals surface area contributed by atoms with Gasteiger partial charge in [0.05, 0.1) is 11.7 Å². The number of thiazole rings is 1. The molecule has 2 unspecified atom stereocenters. The van der Waals surface area contributed by atoms with Gasteiger partial charge in [-0.2, -0.15) is 0 Å². The predicted molar refractivity (Wildman–Crippen MR) is 64.5 cm³/mol. The summed E-state index contributed by atoms with van der Waals surface area (Å²) in [5, 5.41) is 2.96. The van der Waals surface area contributed by atoms with Crippen molar-refractivity contribution in [3.8, 4) is 0 Å². The molecule has 2 rings (SSSR count). The maximum atomic E-state index is 11.6. The molecule has 0 aromatic carbocycles. The fourth-order valence-electron chi connectivity index (χ4n) is 1.85. The molecule has 15 heavy (non-hydrogen) atoms. The van der Waals surface area contributed by atoms with Gasteiger partial charge in [0.15, 0.2) is 0 Å². The lowest BCUT2D eigenvalue weighted by Gasteiger charge is -2.09. The van der Waals surface area contributed by atoms with E-state index in [1.165, 1.54) is 30.6 Å². The molecule has 3 nitrogen and oxygen atoms in total. The van der Waals surface area contributed by atoms with Gasteiger partial charge in [-0.25, -0.2) is 0 Å². The van der Waals surface area contributed by atoms with Crippen molar-refractivity contribution in [2.45, 2.75) is 24.1 Å². The van der Waals surface area contributed by atoms with Crippen molar-refractivity contribution in [3.05, 3.63) is 16.6 Å². The molecule has 1 aromatic rings. The summed E-state index contributed by atoms with van der Waals surface area (Å²) in [6.07, 6.45) is 5.21. The molecule has 1 aromatic heterocycles. The van der Waals surface area contributed by atoms with Gasteiger partial charge < -0.3 is 5.32 Å². The van der Waals surface area contributed by atoms with Crippen LogP contribution in [0.25, 0.3) is 0 Å². The first-order valence-electron chi connectivity index (χ1n) is 5.06. The highest BCUT2D eigenvalue weighted by molar-refractivity contribution is 9.09. The topological polar surface area (TPSA) is 42.0 Å². The molecule has 2 atom stereocenters. The van der Waals surface area contributed by atoms with E-state index in [2.05, 4.69) is 26.2 Å². The van der Waals surface area contributed by atoms with E-state index in [0.29, 0.717) is 15.6 Å². The highest BCUT2D eigenvalue weighted by Crippen LogP contribution is 2.30. The smallest absolute Gasteiger partial charge is 0.263 e. The van der Waals surface area contributed by atoms with Gasteiger partial charge in [0, 0.05) is 11.4 Å². The molecular formula is C10H13BrN2OS. The average molecular weight is 289 g/mol. The zero-order valence-corrected chi connectivity index (χ0v) is 10.7. The molecule has 1 amide bonds. The van der Waals surface area contributed by atoms with Crippen molar-refractivity contribution in [3.63, 3.8) is 0 Å². The number of carbonyl (C=O) groups is 1. The lowest BCUT2D eigenvalue weighted by Crippen LogP contribution is -2.27. The first-order valence-corrected chi connectivity index (χ1v) is 6.86. The molecule has 0 radical (unpaired) electrons. The average Bonchev–Trinajstić information content (AvgIpc) is 2.84. The van der Waals surface area contributed by atoms with Gasteiger partial charge in [0.2, 0.25) is 0 Å². The molecule has 1 fully saturated rings. The monoisotopic (exact) mass is 288 g/mol. The zero-order valence-electron chi connectivity index (χ0n) is 8.28. The van der Waals surface area contributed by atoms with Crippen LogP contribution in [0.4, 0.5) is 0 Å². The minimum absolute atomic E-state index is 0.00974. The van der Waals surface area contributed by atoms with E-state index >= 15 is 0 Å². The number of hydrogen-bond donors (Lipinski definition) is 1. The summed E-state index contributed by atoms with van der Waals surface area (Å²) < 4.78 is 0. The SMILES string of the molecule is O=C(NCC1CCC(Br)C1)c1cncs1. The Bertz CT molecular complexity index is 328. The van der Waals surface area contributed by atoms with E-state index in [1.807, 2.05) is 0 Å². The van der Waals surface area contributed by atoms with Gasteiger partial charge in [-0.3, -0.25) is 9.78 Å². The molecule has 5 heteroatoms. The third-order valence-corrected chi connectivity index (χ3v) is 4.29. The summed E-state index contributed by atoms with van der Waals surface area (Å²) in [4.78, 5) is 16.8. The number of halogens is 1. The Kier molecular flexibility index (Phi) is 3.75. The number of nitrogens with one attached hydrogen (secondary N) is 1. The Morgan fingerprint density at radius 2 is 2.53 bits per heavy atom. The minimum Gasteiger partial charge on any atom is -0.351 e. The minimum atomic E-state index is 0.00974.